The summed E-state index contributed by atoms with van der Waals surface area (Å²) >= 11 is 0. The number of hydrogen-bond donors (Lipinski definition) is 2. The second-order valence-corrected chi connectivity index (χ2v) is 5.55. The van der Waals surface area contributed by atoms with Gasteiger partial charge in [0.05, 0.1) is 5.56 Å². The largest absolute Gasteiger partial charge is 0.489 e. The molecule has 0 aromatic heterocycles. The van der Waals surface area contributed by atoms with Crippen LogP contribution in [0.25, 0.3) is 0 Å². The smallest absolute Gasteiger partial charge is 0.252 e. The van der Waals surface area contributed by atoms with Crippen molar-refractivity contribution in [1.82, 2.24) is 0 Å². The van der Waals surface area contributed by atoms with Gasteiger partial charge in [-0.15, -0.1) is 0 Å². The lowest BCUT2D eigenvalue weighted by atomic mass is 9.90. The standard InChI is InChI=1S/C15H18N2O4/c16-14(18)10-5-9-7-12(8-1-3-20-4-2-8)21-13(9)11(6-10)15(17)19/h5-6,8,12H,1-4,7H2,(H2,16,18)(H2,17,19). The quantitative estimate of drug-likeness (QED) is 0.851. The van der Waals surface area contributed by atoms with E-state index in [0.717, 1.165) is 31.6 Å². The summed E-state index contributed by atoms with van der Waals surface area (Å²) in [6, 6.07) is 3.11. The fraction of sp³-hybridized carbons (Fsp3) is 0.467. The van der Waals surface area contributed by atoms with E-state index in [2.05, 4.69) is 0 Å². The number of benzene rings is 1. The summed E-state index contributed by atoms with van der Waals surface area (Å²) in [6.45, 7) is 1.46. The van der Waals surface area contributed by atoms with Gasteiger partial charge in [-0.1, -0.05) is 0 Å². The molecule has 1 fully saturated rings. The molecule has 1 unspecified atom stereocenters. The predicted molar refractivity (Wildman–Crippen MR) is 75.1 cm³/mol. The first kappa shape index (κ1) is 13.9. The molecule has 2 aliphatic rings. The average molecular weight is 290 g/mol. The summed E-state index contributed by atoms with van der Waals surface area (Å²) in [6.07, 6.45) is 2.55. The van der Waals surface area contributed by atoms with E-state index in [1.165, 1.54) is 6.07 Å². The first-order valence-electron chi connectivity index (χ1n) is 7.07. The Bertz CT molecular complexity index is 594. The van der Waals surface area contributed by atoms with Gasteiger partial charge < -0.3 is 20.9 Å². The number of carbonyl (C=O) groups excluding carboxylic acids is 2. The molecular formula is C15H18N2O4. The zero-order chi connectivity index (χ0) is 15.0. The topological polar surface area (TPSA) is 105 Å². The third-order valence-corrected chi connectivity index (χ3v) is 4.20. The maximum Gasteiger partial charge on any atom is 0.252 e. The zero-order valence-corrected chi connectivity index (χ0v) is 11.6. The Labute approximate surface area is 122 Å². The van der Waals surface area contributed by atoms with E-state index in [0.29, 0.717) is 23.7 Å². The summed E-state index contributed by atoms with van der Waals surface area (Å²) in [5, 5.41) is 0. The molecule has 0 radical (unpaired) electrons. The van der Waals surface area contributed by atoms with Crippen LogP contribution >= 0.6 is 0 Å². The molecule has 0 aliphatic carbocycles. The molecule has 21 heavy (non-hydrogen) atoms. The van der Waals surface area contributed by atoms with Gasteiger partial charge in [0, 0.05) is 31.1 Å². The lowest BCUT2D eigenvalue weighted by Gasteiger charge is -2.27. The van der Waals surface area contributed by atoms with Gasteiger partial charge in [0.15, 0.2) is 0 Å². The molecule has 6 heteroatoms. The van der Waals surface area contributed by atoms with Crippen LogP contribution in [0.3, 0.4) is 0 Å². The van der Waals surface area contributed by atoms with Crippen LogP contribution in [0.2, 0.25) is 0 Å². The monoisotopic (exact) mass is 290 g/mol. The molecule has 2 heterocycles. The lowest BCUT2D eigenvalue weighted by molar-refractivity contribution is 0.0247. The Balaban J connectivity index is 1.92. The molecule has 0 bridgehead atoms. The Morgan fingerprint density at radius 1 is 1.10 bits per heavy atom. The zero-order valence-electron chi connectivity index (χ0n) is 11.6. The maximum atomic E-state index is 11.6. The molecule has 2 aliphatic heterocycles. The molecule has 0 spiro atoms. The van der Waals surface area contributed by atoms with E-state index in [4.69, 9.17) is 20.9 Å². The Hall–Kier alpha value is -2.08. The number of amides is 2. The van der Waals surface area contributed by atoms with Crippen LogP contribution in [0.5, 0.6) is 5.75 Å². The van der Waals surface area contributed by atoms with E-state index < -0.39 is 11.8 Å². The summed E-state index contributed by atoms with van der Waals surface area (Å²) < 4.78 is 11.3. The van der Waals surface area contributed by atoms with Gasteiger partial charge in [-0.2, -0.15) is 0 Å². The maximum absolute atomic E-state index is 11.6. The van der Waals surface area contributed by atoms with Crippen LogP contribution in [0.15, 0.2) is 12.1 Å². The van der Waals surface area contributed by atoms with E-state index >= 15 is 0 Å². The highest BCUT2D eigenvalue weighted by molar-refractivity contribution is 6.01. The van der Waals surface area contributed by atoms with Crippen molar-refractivity contribution in [3.05, 3.63) is 28.8 Å². The van der Waals surface area contributed by atoms with Gasteiger partial charge >= 0.3 is 0 Å². The highest BCUT2D eigenvalue weighted by Crippen LogP contribution is 2.38. The van der Waals surface area contributed by atoms with Crippen molar-refractivity contribution in [3.63, 3.8) is 0 Å². The second-order valence-electron chi connectivity index (χ2n) is 5.55. The molecule has 2 amide bonds. The van der Waals surface area contributed by atoms with Crippen molar-refractivity contribution in [2.24, 2.45) is 17.4 Å². The number of nitrogens with two attached hydrogens (primary N) is 2. The number of ether oxygens (including phenoxy) is 2. The minimum absolute atomic E-state index is 0.00475. The van der Waals surface area contributed by atoms with E-state index in [9.17, 15) is 9.59 Å². The Morgan fingerprint density at radius 2 is 1.81 bits per heavy atom. The normalized spacial score (nSPS) is 21.6. The second kappa shape index (κ2) is 5.37. The van der Waals surface area contributed by atoms with E-state index in [1.54, 1.807) is 6.07 Å². The van der Waals surface area contributed by atoms with Crippen LogP contribution in [0.1, 0.15) is 39.1 Å². The van der Waals surface area contributed by atoms with Crippen LogP contribution in [-0.2, 0) is 11.2 Å². The van der Waals surface area contributed by atoms with Gasteiger partial charge in [0.25, 0.3) is 5.91 Å². The molecule has 1 aromatic carbocycles. The number of primary amides is 2. The molecule has 1 saturated heterocycles. The highest BCUT2D eigenvalue weighted by atomic mass is 16.5. The molecule has 4 N–H and O–H groups in total. The summed E-state index contributed by atoms with van der Waals surface area (Å²) in [4.78, 5) is 23.0. The summed E-state index contributed by atoms with van der Waals surface area (Å²) in [5.74, 6) is -0.287. The van der Waals surface area contributed by atoms with Gasteiger partial charge in [0.2, 0.25) is 5.91 Å². The first-order valence-corrected chi connectivity index (χ1v) is 7.07. The number of rotatable bonds is 3. The molecule has 1 aromatic rings. The lowest BCUT2D eigenvalue weighted by Crippen LogP contribution is -2.30. The van der Waals surface area contributed by atoms with Crippen LogP contribution in [0.4, 0.5) is 0 Å². The number of carbonyl (C=O) groups is 2. The van der Waals surface area contributed by atoms with Gasteiger partial charge in [0.1, 0.15) is 11.9 Å². The first-order chi connectivity index (χ1) is 10.1. The molecule has 3 rings (SSSR count). The van der Waals surface area contributed by atoms with Crippen LogP contribution in [-0.4, -0.2) is 31.1 Å². The van der Waals surface area contributed by atoms with Crippen molar-refractivity contribution in [2.75, 3.05) is 13.2 Å². The average Bonchev–Trinajstić information content (AvgIpc) is 2.90. The van der Waals surface area contributed by atoms with E-state index in [-0.39, 0.29) is 11.7 Å². The molecule has 1 atom stereocenters. The van der Waals surface area contributed by atoms with Crippen LogP contribution < -0.4 is 16.2 Å². The predicted octanol–water partition coefficient (Wildman–Crippen LogP) is 0.614. The van der Waals surface area contributed by atoms with Crippen molar-refractivity contribution < 1.29 is 19.1 Å². The minimum Gasteiger partial charge on any atom is -0.489 e. The Morgan fingerprint density at radius 3 is 2.43 bits per heavy atom. The van der Waals surface area contributed by atoms with Gasteiger partial charge in [-0.05, 0) is 30.5 Å². The summed E-state index contributed by atoms with van der Waals surface area (Å²) in [5.41, 5.74) is 12.0. The van der Waals surface area contributed by atoms with Crippen molar-refractivity contribution in [3.8, 4) is 5.75 Å². The molecule has 112 valence electrons. The molecule has 6 nitrogen and oxygen atoms in total. The fourth-order valence-corrected chi connectivity index (χ4v) is 3.07. The van der Waals surface area contributed by atoms with Crippen molar-refractivity contribution >= 4 is 11.8 Å². The number of hydrogen-bond acceptors (Lipinski definition) is 4. The van der Waals surface area contributed by atoms with Crippen LogP contribution in [0, 0.1) is 5.92 Å². The van der Waals surface area contributed by atoms with Gasteiger partial charge in [-0.3, -0.25) is 9.59 Å². The van der Waals surface area contributed by atoms with Gasteiger partial charge in [-0.25, -0.2) is 0 Å². The Kier molecular flexibility index (Phi) is 3.55. The highest BCUT2D eigenvalue weighted by Gasteiger charge is 2.34. The van der Waals surface area contributed by atoms with Crippen molar-refractivity contribution in [2.45, 2.75) is 25.4 Å². The molecule has 0 saturated carbocycles. The summed E-state index contributed by atoms with van der Waals surface area (Å²) in [7, 11) is 0. The fourth-order valence-electron chi connectivity index (χ4n) is 3.07. The number of fused-ring (bicyclic) bond motifs is 1. The minimum atomic E-state index is -0.609. The third kappa shape index (κ3) is 2.58. The third-order valence-electron chi connectivity index (χ3n) is 4.20. The van der Waals surface area contributed by atoms with Crippen molar-refractivity contribution in [1.29, 1.82) is 0 Å². The SMILES string of the molecule is NC(=O)c1cc2c(c(C(N)=O)c1)OC(C1CCOCC1)C2. The van der Waals surface area contributed by atoms with E-state index in [1.807, 2.05) is 0 Å². The molecular weight excluding hydrogens is 272 g/mol.